The third-order valence-electron chi connectivity index (χ3n) is 8.41. The summed E-state index contributed by atoms with van der Waals surface area (Å²) in [5, 5.41) is 27.1. The molecule has 0 radical (unpaired) electrons. The standard InChI is InChI=1S/C30H32N4O2S2/c1-28(35)16-29(31,17-28)20-9-7-18(8-10-20)24-25(19-5-3-2-4-6-19)38-26(34-24)23-15-32-27(37-23)30(36)13-21-11-12-22(14-30)33-21/h2-10,15,21-22,33,35-36H,11-14,16-17,31H2,1H3/t21?,22?,28-,29-,30?. The van der Waals surface area contributed by atoms with Crippen molar-refractivity contribution in [3.8, 4) is 31.6 Å². The Balaban J connectivity index is 1.23. The minimum atomic E-state index is -0.859. The molecule has 0 amide bonds. The summed E-state index contributed by atoms with van der Waals surface area (Å²) >= 11 is 3.24. The first kappa shape index (κ1) is 24.6. The SMILES string of the molecule is C[C@]1(O)C[C@@](N)(c2ccc(-c3nc(-c4cnc(C5(O)CC6CCC(C5)N6)s4)sc3-c3ccccc3)cc2)C1. The number of hydrogen-bond acceptors (Lipinski definition) is 8. The fraction of sp³-hybridized carbons (Fsp3) is 0.400. The van der Waals surface area contributed by atoms with Gasteiger partial charge in [0.2, 0.25) is 0 Å². The second-order valence-electron chi connectivity index (χ2n) is 11.8. The average molecular weight is 545 g/mol. The van der Waals surface area contributed by atoms with Gasteiger partial charge in [0, 0.05) is 29.4 Å². The third-order valence-corrected chi connectivity index (χ3v) is 10.9. The van der Waals surface area contributed by atoms with E-state index in [1.54, 1.807) is 22.7 Å². The quantitative estimate of drug-likeness (QED) is 0.268. The number of nitrogens with two attached hydrogens (primary N) is 1. The van der Waals surface area contributed by atoms with Crippen LogP contribution in [0, 0.1) is 0 Å². The molecule has 4 aromatic rings. The number of aromatic nitrogens is 2. The lowest BCUT2D eigenvalue weighted by atomic mass is 9.63. The highest BCUT2D eigenvalue weighted by molar-refractivity contribution is 7.23. The van der Waals surface area contributed by atoms with E-state index in [4.69, 9.17) is 15.7 Å². The lowest BCUT2D eigenvalue weighted by molar-refractivity contribution is -0.0738. The third kappa shape index (κ3) is 4.24. The summed E-state index contributed by atoms with van der Waals surface area (Å²) in [7, 11) is 0. The maximum atomic E-state index is 11.5. The first-order valence-electron chi connectivity index (χ1n) is 13.3. The Hall–Kier alpha value is -2.46. The second-order valence-corrected chi connectivity index (χ2v) is 13.8. The van der Waals surface area contributed by atoms with Crippen LogP contribution < -0.4 is 11.1 Å². The summed E-state index contributed by atoms with van der Waals surface area (Å²) in [5.74, 6) is 0. The molecule has 2 saturated heterocycles. The molecule has 5 N–H and O–H groups in total. The molecule has 2 atom stereocenters. The number of nitrogens with one attached hydrogen (secondary N) is 1. The molecule has 3 aliphatic rings. The highest BCUT2D eigenvalue weighted by Gasteiger charge is 2.49. The number of hydrogen-bond donors (Lipinski definition) is 4. The van der Waals surface area contributed by atoms with Crippen LogP contribution in [-0.4, -0.2) is 37.9 Å². The van der Waals surface area contributed by atoms with Gasteiger partial charge in [-0.05, 0) is 56.6 Å². The van der Waals surface area contributed by atoms with Crippen molar-refractivity contribution in [1.82, 2.24) is 15.3 Å². The van der Waals surface area contributed by atoms with Gasteiger partial charge < -0.3 is 21.3 Å². The zero-order chi connectivity index (χ0) is 26.1. The van der Waals surface area contributed by atoms with Gasteiger partial charge in [-0.2, -0.15) is 0 Å². The minimum absolute atomic E-state index is 0.379. The van der Waals surface area contributed by atoms with Crippen molar-refractivity contribution in [2.75, 3.05) is 0 Å². The number of fused-ring (bicyclic) bond motifs is 2. The Bertz CT molecular complexity index is 1460. The van der Waals surface area contributed by atoms with Crippen LogP contribution in [0.5, 0.6) is 0 Å². The molecule has 6 nitrogen and oxygen atoms in total. The van der Waals surface area contributed by atoms with Crippen molar-refractivity contribution in [3.05, 3.63) is 71.4 Å². The number of nitrogens with zero attached hydrogens (tertiary/aromatic N) is 2. The molecule has 1 saturated carbocycles. The minimum Gasteiger partial charge on any atom is -0.390 e. The molecule has 196 valence electrons. The normalized spacial score (nSPS) is 32.3. The van der Waals surface area contributed by atoms with Crippen molar-refractivity contribution in [3.63, 3.8) is 0 Å². The summed E-state index contributed by atoms with van der Waals surface area (Å²) in [5.41, 5.74) is 8.68. The van der Waals surface area contributed by atoms with Crippen molar-refractivity contribution in [2.45, 2.75) is 74.3 Å². The van der Waals surface area contributed by atoms with Crippen LogP contribution in [0.25, 0.3) is 31.6 Å². The molecular formula is C30H32N4O2S2. The molecule has 2 unspecified atom stereocenters. The van der Waals surface area contributed by atoms with Gasteiger partial charge >= 0.3 is 0 Å². The first-order chi connectivity index (χ1) is 18.2. The molecule has 8 heteroatoms. The summed E-state index contributed by atoms with van der Waals surface area (Å²) in [6.07, 6.45) is 6.71. The molecule has 3 fully saturated rings. The Labute approximate surface area is 230 Å². The van der Waals surface area contributed by atoms with Crippen molar-refractivity contribution in [2.24, 2.45) is 5.73 Å². The van der Waals surface area contributed by atoms with E-state index in [0.717, 1.165) is 67.8 Å². The zero-order valence-electron chi connectivity index (χ0n) is 21.4. The number of thiazole rings is 2. The predicted molar refractivity (Wildman–Crippen MR) is 153 cm³/mol. The van der Waals surface area contributed by atoms with Gasteiger partial charge in [0.15, 0.2) is 0 Å². The molecular weight excluding hydrogens is 512 g/mol. The van der Waals surface area contributed by atoms with Gasteiger partial charge in [-0.25, -0.2) is 9.97 Å². The van der Waals surface area contributed by atoms with Gasteiger partial charge in [0.1, 0.15) is 15.6 Å². The van der Waals surface area contributed by atoms with Gasteiger partial charge in [-0.1, -0.05) is 54.6 Å². The lowest BCUT2D eigenvalue weighted by Gasteiger charge is -2.49. The largest absolute Gasteiger partial charge is 0.390 e. The van der Waals surface area contributed by atoms with Crippen LogP contribution in [-0.2, 0) is 11.1 Å². The van der Waals surface area contributed by atoms with Crippen LogP contribution in [0.4, 0.5) is 0 Å². The number of piperidine rings is 1. The predicted octanol–water partition coefficient (Wildman–Crippen LogP) is 5.40. The van der Waals surface area contributed by atoms with E-state index in [9.17, 15) is 10.2 Å². The Morgan fingerprint density at radius 2 is 1.61 bits per heavy atom. The molecule has 2 aliphatic heterocycles. The van der Waals surface area contributed by atoms with E-state index in [1.165, 1.54) is 0 Å². The summed E-state index contributed by atoms with van der Waals surface area (Å²) in [6, 6.07) is 19.4. The van der Waals surface area contributed by atoms with Crippen molar-refractivity contribution < 1.29 is 10.2 Å². The number of rotatable bonds is 5. The lowest BCUT2D eigenvalue weighted by Crippen LogP contribution is -2.58. The highest BCUT2D eigenvalue weighted by Crippen LogP contribution is 2.48. The number of aliphatic hydroxyl groups is 2. The van der Waals surface area contributed by atoms with Gasteiger partial charge in [-0.15, -0.1) is 22.7 Å². The van der Waals surface area contributed by atoms with E-state index in [-0.39, 0.29) is 0 Å². The fourth-order valence-corrected chi connectivity index (χ4v) is 8.92. The van der Waals surface area contributed by atoms with Crippen molar-refractivity contribution >= 4 is 22.7 Å². The van der Waals surface area contributed by atoms with Crippen LogP contribution in [0.15, 0.2) is 60.8 Å². The Morgan fingerprint density at radius 1 is 0.921 bits per heavy atom. The summed E-state index contributed by atoms with van der Waals surface area (Å²) < 4.78 is 0. The fourth-order valence-electron chi connectivity index (χ4n) is 6.76. The van der Waals surface area contributed by atoms with Gasteiger partial charge in [0.05, 0.1) is 21.0 Å². The Kier molecular flexibility index (Phi) is 5.67. The van der Waals surface area contributed by atoms with E-state index < -0.39 is 16.7 Å². The van der Waals surface area contributed by atoms with Crippen LogP contribution in [0.3, 0.4) is 0 Å². The zero-order valence-corrected chi connectivity index (χ0v) is 23.0. The van der Waals surface area contributed by atoms with Crippen LogP contribution in [0.2, 0.25) is 0 Å². The van der Waals surface area contributed by atoms with Gasteiger partial charge in [0.25, 0.3) is 0 Å². The molecule has 1 aliphatic carbocycles. The molecule has 2 bridgehead atoms. The van der Waals surface area contributed by atoms with E-state index >= 15 is 0 Å². The van der Waals surface area contributed by atoms with Crippen LogP contribution in [0.1, 0.15) is 56.0 Å². The average Bonchev–Trinajstić information content (AvgIpc) is 3.62. The number of benzene rings is 2. The highest BCUT2D eigenvalue weighted by atomic mass is 32.1. The van der Waals surface area contributed by atoms with Gasteiger partial charge in [-0.3, -0.25) is 0 Å². The first-order valence-corrected chi connectivity index (χ1v) is 15.0. The summed E-state index contributed by atoms with van der Waals surface area (Å²) in [6.45, 7) is 1.84. The van der Waals surface area contributed by atoms with Crippen molar-refractivity contribution in [1.29, 1.82) is 0 Å². The molecule has 38 heavy (non-hydrogen) atoms. The van der Waals surface area contributed by atoms with E-state index in [1.807, 2.05) is 31.3 Å². The smallest absolute Gasteiger partial charge is 0.136 e. The molecule has 2 aromatic carbocycles. The Morgan fingerprint density at radius 3 is 2.26 bits per heavy atom. The second kappa shape index (κ2) is 8.78. The maximum absolute atomic E-state index is 11.5. The molecule has 4 heterocycles. The summed E-state index contributed by atoms with van der Waals surface area (Å²) in [4.78, 5) is 11.9. The van der Waals surface area contributed by atoms with Crippen LogP contribution >= 0.6 is 22.7 Å². The molecule has 0 spiro atoms. The monoisotopic (exact) mass is 544 g/mol. The molecule has 7 rings (SSSR count). The van der Waals surface area contributed by atoms with E-state index in [0.29, 0.717) is 24.9 Å². The molecule has 2 aromatic heterocycles. The topological polar surface area (TPSA) is 104 Å². The maximum Gasteiger partial charge on any atom is 0.136 e. The van der Waals surface area contributed by atoms with E-state index in [2.05, 4.69) is 41.7 Å².